The largest absolute Gasteiger partial charge is 0.438 e. The standard InChI is InChI=1S/C21H21F3N2O2/c1-15-10-12-17(13-11-15)18-14-20(28,21(22,23)24)26(25-18)19(27)9-5-8-16-6-3-2-4-7-16/h2-4,6-7,10-13,28H,5,8-9,14H2,1H3. The average molecular weight is 390 g/mol. The molecule has 0 saturated carbocycles. The van der Waals surface area contributed by atoms with Gasteiger partial charge in [0, 0.05) is 6.42 Å². The average Bonchev–Trinajstić information content (AvgIpc) is 3.02. The molecule has 1 aliphatic heterocycles. The third-order valence-electron chi connectivity index (χ3n) is 4.76. The zero-order valence-electron chi connectivity index (χ0n) is 15.4. The highest BCUT2D eigenvalue weighted by atomic mass is 19.4. The summed E-state index contributed by atoms with van der Waals surface area (Å²) in [6, 6.07) is 16.1. The van der Waals surface area contributed by atoms with Crippen LogP contribution in [-0.2, 0) is 11.2 Å². The Morgan fingerprint density at radius 2 is 1.79 bits per heavy atom. The highest BCUT2D eigenvalue weighted by Gasteiger charge is 2.63. The first-order valence-electron chi connectivity index (χ1n) is 9.01. The first-order valence-corrected chi connectivity index (χ1v) is 9.01. The molecule has 1 N–H and O–H groups in total. The number of hydrogen-bond donors (Lipinski definition) is 1. The fourth-order valence-corrected chi connectivity index (χ4v) is 3.13. The van der Waals surface area contributed by atoms with Gasteiger partial charge in [-0.3, -0.25) is 4.79 Å². The van der Waals surface area contributed by atoms with Gasteiger partial charge in [0.1, 0.15) is 0 Å². The summed E-state index contributed by atoms with van der Waals surface area (Å²) in [5, 5.41) is 14.4. The van der Waals surface area contributed by atoms with Gasteiger partial charge in [0.2, 0.25) is 5.91 Å². The lowest BCUT2D eigenvalue weighted by molar-refractivity contribution is -0.302. The minimum Gasteiger partial charge on any atom is -0.362 e. The van der Waals surface area contributed by atoms with Gasteiger partial charge < -0.3 is 5.11 Å². The van der Waals surface area contributed by atoms with Crippen LogP contribution in [0, 0.1) is 6.92 Å². The second-order valence-electron chi connectivity index (χ2n) is 6.95. The van der Waals surface area contributed by atoms with Crippen LogP contribution in [-0.4, -0.2) is 33.6 Å². The van der Waals surface area contributed by atoms with Gasteiger partial charge in [-0.2, -0.15) is 23.3 Å². The number of amides is 1. The molecule has 0 bridgehead atoms. The molecule has 0 saturated heterocycles. The van der Waals surface area contributed by atoms with Crippen LogP contribution >= 0.6 is 0 Å². The van der Waals surface area contributed by atoms with Crippen molar-refractivity contribution in [1.29, 1.82) is 0 Å². The van der Waals surface area contributed by atoms with E-state index >= 15 is 0 Å². The quantitative estimate of drug-likeness (QED) is 0.832. The van der Waals surface area contributed by atoms with Gasteiger partial charge in [0.25, 0.3) is 5.72 Å². The highest BCUT2D eigenvalue weighted by molar-refractivity contribution is 6.03. The second kappa shape index (κ2) is 7.75. The lowest BCUT2D eigenvalue weighted by atomic mass is 10.00. The topological polar surface area (TPSA) is 52.9 Å². The third-order valence-corrected chi connectivity index (χ3v) is 4.76. The number of carbonyl (C=O) groups is 1. The Kier molecular flexibility index (Phi) is 5.56. The summed E-state index contributed by atoms with van der Waals surface area (Å²) >= 11 is 0. The first kappa shape index (κ1) is 20.1. The molecule has 0 radical (unpaired) electrons. The van der Waals surface area contributed by atoms with Crippen molar-refractivity contribution < 1.29 is 23.1 Å². The van der Waals surface area contributed by atoms with Crippen LogP contribution in [0.3, 0.4) is 0 Å². The van der Waals surface area contributed by atoms with Crippen molar-refractivity contribution in [3.63, 3.8) is 0 Å². The predicted molar refractivity (Wildman–Crippen MR) is 99.6 cm³/mol. The number of hydrazone groups is 1. The van der Waals surface area contributed by atoms with E-state index in [-0.39, 0.29) is 17.1 Å². The number of benzene rings is 2. The maximum atomic E-state index is 13.6. The molecule has 148 valence electrons. The van der Waals surface area contributed by atoms with Gasteiger partial charge in [-0.15, -0.1) is 0 Å². The van der Waals surface area contributed by atoms with Crippen molar-refractivity contribution in [2.45, 2.75) is 44.5 Å². The number of hydrogen-bond acceptors (Lipinski definition) is 3. The molecule has 3 rings (SSSR count). The fourth-order valence-electron chi connectivity index (χ4n) is 3.13. The van der Waals surface area contributed by atoms with Gasteiger partial charge in [-0.05, 0) is 30.9 Å². The van der Waals surface area contributed by atoms with Crippen molar-refractivity contribution in [3.8, 4) is 0 Å². The number of rotatable bonds is 5. The molecule has 2 aromatic carbocycles. The maximum Gasteiger partial charge on any atom is 0.438 e. The molecular formula is C21H21F3N2O2. The molecule has 0 aromatic heterocycles. The summed E-state index contributed by atoms with van der Waals surface area (Å²) in [7, 11) is 0. The van der Waals surface area contributed by atoms with Crippen molar-refractivity contribution in [2.75, 3.05) is 0 Å². The molecule has 0 aliphatic carbocycles. The van der Waals surface area contributed by atoms with E-state index in [9.17, 15) is 23.1 Å². The molecule has 0 spiro atoms. The van der Waals surface area contributed by atoms with Crippen molar-refractivity contribution in [2.24, 2.45) is 5.10 Å². The Hall–Kier alpha value is -2.67. The van der Waals surface area contributed by atoms with Crippen LogP contribution in [0.15, 0.2) is 59.7 Å². The zero-order valence-corrected chi connectivity index (χ0v) is 15.4. The normalized spacial score (nSPS) is 19.6. The molecular weight excluding hydrogens is 369 g/mol. The number of aliphatic hydroxyl groups is 1. The molecule has 28 heavy (non-hydrogen) atoms. The van der Waals surface area contributed by atoms with Crippen molar-refractivity contribution in [1.82, 2.24) is 5.01 Å². The van der Waals surface area contributed by atoms with Crippen molar-refractivity contribution >= 4 is 11.6 Å². The molecule has 7 heteroatoms. The molecule has 1 atom stereocenters. The molecule has 4 nitrogen and oxygen atoms in total. The Balaban J connectivity index is 1.77. The lowest BCUT2D eigenvalue weighted by Crippen LogP contribution is -2.56. The Morgan fingerprint density at radius 1 is 1.14 bits per heavy atom. The fraction of sp³-hybridized carbons (Fsp3) is 0.333. The number of nitrogens with zero attached hydrogens (tertiary/aromatic N) is 2. The summed E-state index contributed by atoms with van der Waals surface area (Å²) in [5.74, 6) is -0.849. The van der Waals surface area contributed by atoms with E-state index in [1.807, 2.05) is 37.3 Å². The van der Waals surface area contributed by atoms with Crippen LogP contribution in [0.1, 0.15) is 36.0 Å². The molecule has 1 aliphatic rings. The second-order valence-corrected chi connectivity index (χ2v) is 6.95. The summed E-state index contributed by atoms with van der Waals surface area (Å²) in [5.41, 5.74) is -0.894. The van der Waals surface area contributed by atoms with Crippen LogP contribution in [0.25, 0.3) is 0 Å². The van der Waals surface area contributed by atoms with E-state index in [1.54, 1.807) is 24.3 Å². The zero-order chi connectivity index (χ0) is 20.4. The Labute approximate surface area is 161 Å². The van der Waals surface area contributed by atoms with Crippen LogP contribution in [0.5, 0.6) is 0 Å². The smallest absolute Gasteiger partial charge is 0.362 e. The summed E-state index contributed by atoms with van der Waals surface area (Å²) < 4.78 is 40.7. The molecule has 1 amide bonds. The number of carbonyl (C=O) groups excluding carboxylic acids is 1. The third kappa shape index (κ3) is 4.09. The van der Waals surface area contributed by atoms with E-state index in [4.69, 9.17) is 0 Å². The van der Waals surface area contributed by atoms with Crippen LogP contribution in [0.2, 0.25) is 0 Å². The Morgan fingerprint density at radius 3 is 2.39 bits per heavy atom. The van der Waals surface area contributed by atoms with Gasteiger partial charge in [-0.25, -0.2) is 0 Å². The van der Waals surface area contributed by atoms with E-state index < -0.39 is 24.2 Å². The van der Waals surface area contributed by atoms with E-state index in [0.29, 0.717) is 18.4 Å². The highest BCUT2D eigenvalue weighted by Crippen LogP contribution is 2.41. The lowest BCUT2D eigenvalue weighted by Gasteiger charge is -2.32. The summed E-state index contributed by atoms with van der Waals surface area (Å²) in [4.78, 5) is 12.5. The maximum absolute atomic E-state index is 13.6. The summed E-state index contributed by atoms with van der Waals surface area (Å²) in [6.07, 6.45) is -5.03. The number of alkyl halides is 3. The van der Waals surface area contributed by atoms with E-state index in [2.05, 4.69) is 5.10 Å². The van der Waals surface area contributed by atoms with Crippen LogP contribution in [0.4, 0.5) is 13.2 Å². The monoisotopic (exact) mass is 390 g/mol. The van der Waals surface area contributed by atoms with Crippen molar-refractivity contribution in [3.05, 3.63) is 71.3 Å². The minimum atomic E-state index is -5.02. The predicted octanol–water partition coefficient (Wildman–Crippen LogP) is 4.21. The van der Waals surface area contributed by atoms with Gasteiger partial charge in [0.15, 0.2) is 0 Å². The minimum absolute atomic E-state index is 0.0382. The van der Waals surface area contributed by atoms with Crippen LogP contribution < -0.4 is 0 Å². The number of halogens is 3. The van der Waals surface area contributed by atoms with Gasteiger partial charge in [0.05, 0.1) is 12.1 Å². The van der Waals surface area contributed by atoms with E-state index in [1.165, 1.54) is 0 Å². The molecule has 1 heterocycles. The molecule has 2 aromatic rings. The SMILES string of the molecule is Cc1ccc(C2=NN(C(=O)CCCc3ccccc3)C(O)(C(F)(F)F)C2)cc1. The van der Waals surface area contributed by atoms with Gasteiger partial charge in [-0.1, -0.05) is 60.2 Å². The Bertz CT molecular complexity index is 863. The van der Waals surface area contributed by atoms with Gasteiger partial charge >= 0.3 is 6.18 Å². The number of aryl methyl sites for hydroxylation is 2. The summed E-state index contributed by atoms with van der Waals surface area (Å²) in [6.45, 7) is 1.86. The molecule has 1 unspecified atom stereocenters. The first-order chi connectivity index (χ1) is 13.2. The molecule has 0 fully saturated rings. The van der Waals surface area contributed by atoms with E-state index in [0.717, 1.165) is 11.1 Å².